The maximum Gasteiger partial charge on any atom is 0.273 e. The van der Waals surface area contributed by atoms with E-state index in [2.05, 4.69) is 31.0 Å². The highest BCUT2D eigenvalue weighted by Crippen LogP contribution is 2.33. The first-order valence-corrected chi connectivity index (χ1v) is 12.4. The summed E-state index contributed by atoms with van der Waals surface area (Å²) >= 11 is 0. The number of hydrogen-bond acceptors (Lipinski definition) is 7. The smallest absolute Gasteiger partial charge is 0.273 e. The van der Waals surface area contributed by atoms with Crippen LogP contribution in [0.2, 0.25) is 0 Å². The molecule has 4 rings (SSSR count). The minimum absolute atomic E-state index is 0.00508. The van der Waals surface area contributed by atoms with Crippen LogP contribution in [0, 0.1) is 5.82 Å². The number of nitrogens with one attached hydrogen (secondary N) is 3. The molecular formula is C28H28F4N8O. The quantitative estimate of drug-likeness (QED) is 0.155. The summed E-state index contributed by atoms with van der Waals surface area (Å²) in [7, 11) is 5.48. The van der Waals surface area contributed by atoms with E-state index < -0.39 is 18.4 Å². The van der Waals surface area contributed by atoms with E-state index in [-0.39, 0.29) is 28.9 Å². The zero-order valence-corrected chi connectivity index (χ0v) is 22.4. The van der Waals surface area contributed by atoms with Crippen LogP contribution in [0.3, 0.4) is 0 Å². The summed E-state index contributed by atoms with van der Waals surface area (Å²) in [6, 6.07) is 9.43. The van der Waals surface area contributed by atoms with Gasteiger partial charge < -0.3 is 20.9 Å². The third-order valence-electron chi connectivity index (χ3n) is 5.74. The van der Waals surface area contributed by atoms with Gasteiger partial charge in [-0.3, -0.25) is 9.48 Å². The molecule has 0 radical (unpaired) electrons. The molecule has 0 saturated carbocycles. The van der Waals surface area contributed by atoms with Crippen LogP contribution < -0.4 is 16.0 Å². The molecular weight excluding hydrogens is 540 g/mol. The lowest BCUT2D eigenvalue weighted by atomic mass is 10.0. The molecule has 3 N–H and O–H groups in total. The number of likely N-dealkylation sites (N-methyl/N-ethyl adjacent to an activating group) is 1. The lowest BCUT2D eigenvalue weighted by Gasteiger charge is -2.15. The van der Waals surface area contributed by atoms with Gasteiger partial charge in [-0.2, -0.15) is 10.1 Å². The Balaban J connectivity index is 1.65. The molecule has 0 aliphatic heterocycles. The van der Waals surface area contributed by atoms with Crippen molar-refractivity contribution in [3.05, 3.63) is 84.6 Å². The van der Waals surface area contributed by atoms with E-state index in [4.69, 9.17) is 0 Å². The Labute approximate surface area is 233 Å². The van der Waals surface area contributed by atoms with Crippen LogP contribution in [-0.2, 0) is 11.8 Å². The normalized spacial score (nSPS) is 12.2. The molecule has 41 heavy (non-hydrogen) atoms. The van der Waals surface area contributed by atoms with Crippen molar-refractivity contribution in [2.45, 2.75) is 12.6 Å². The average Bonchev–Trinajstić information content (AvgIpc) is 3.34. The fourth-order valence-corrected chi connectivity index (χ4v) is 3.74. The van der Waals surface area contributed by atoms with Gasteiger partial charge in [-0.05, 0) is 43.4 Å². The number of carbonyl (C=O) groups excluding carboxylic acids is 1. The van der Waals surface area contributed by atoms with E-state index in [1.165, 1.54) is 54.7 Å². The summed E-state index contributed by atoms with van der Waals surface area (Å²) in [5, 5.41) is 12.7. The van der Waals surface area contributed by atoms with Crippen LogP contribution in [0.5, 0.6) is 0 Å². The van der Waals surface area contributed by atoms with Crippen molar-refractivity contribution in [3.8, 4) is 11.1 Å². The van der Waals surface area contributed by atoms with E-state index in [1.807, 2.05) is 19.0 Å². The predicted molar refractivity (Wildman–Crippen MR) is 150 cm³/mol. The van der Waals surface area contributed by atoms with Crippen LogP contribution in [0.15, 0.2) is 73.2 Å². The second-order valence-corrected chi connectivity index (χ2v) is 9.32. The monoisotopic (exact) mass is 568 g/mol. The standard InChI is InChI=1S/C28H28F4N8O/c1-39(2)12-4-5-24(41)35-19-10-11-22(29)23(13-19)37-27-21(17-6-8-18(9-7-17)25(30)26(31)32)15-33-28(38-27)36-20-14-34-40(3)16-20/h4-11,13-16,25-26H,12H2,1-3H3,(H,35,41)(H2,33,36,37,38)/b5-4+. The second kappa shape index (κ2) is 13.0. The highest BCUT2D eigenvalue weighted by molar-refractivity contribution is 5.99. The predicted octanol–water partition coefficient (Wildman–Crippen LogP) is 5.84. The fourth-order valence-electron chi connectivity index (χ4n) is 3.74. The van der Waals surface area contributed by atoms with Gasteiger partial charge in [-0.1, -0.05) is 30.3 Å². The summed E-state index contributed by atoms with van der Waals surface area (Å²) in [5.74, 6) is -0.675. The Hall–Kier alpha value is -4.78. The first-order chi connectivity index (χ1) is 19.6. The van der Waals surface area contributed by atoms with Crippen LogP contribution in [0.1, 0.15) is 11.7 Å². The summed E-state index contributed by atoms with van der Waals surface area (Å²) in [6.45, 7) is 0.574. The topological polar surface area (TPSA) is 100 Å². The number of halogens is 4. The van der Waals surface area contributed by atoms with Crippen molar-refractivity contribution in [2.24, 2.45) is 7.05 Å². The van der Waals surface area contributed by atoms with Crippen LogP contribution >= 0.6 is 0 Å². The first kappa shape index (κ1) is 29.2. The minimum Gasteiger partial charge on any atom is -0.337 e. The van der Waals surface area contributed by atoms with Crippen LogP contribution in [-0.4, -0.2) is 57.6 Å². The highest BCUT2D eigenvalue weighted by Gasteiger charge is 2.21. The van der Waals surface area contributed by atoms with Gasteiger partial charge in [0.1, 0.15) is 11.6 Å². The summed E-state index contributed by atoms with van der Waals surface area (Å²) < 4.78 is 56.0. The third kappa shape index (κ3) is 7.88. The van der Waals surface area contributed by atoms with Crippen LogP contribution in [0.25, 0.3) is 11.1 Å². The molecule has 2 aromatic heterocycles. The van der Waals surface area contributed by atoms with Gasteiger partial charge in [0.05, 0.1) is 17.6 Å². The molecule has 0 saturated heterocycles. The molecule has 4 aromatic rings. The van der Waals surface area contributed by atoms with Crippen molar-refractivity contribution < 1.29 is 22.4 Å². The zero-order valence-electron chi connectivity index (χ0n) is 22.4. The van der Waals surface area contributed by atoms with E-state index in [9.17, 15) is 22.4 Å². The molecule has 0 aliphatic carbocycles. The Kier molecular flexibility index (Phi) is 9.30. The number of alkyl halides is 3. The minimum atomic E-state index is -3.15. The Bertz CT molecular complexity index is 1520. The second-order valence-electron chi connectivity index (χ2n) is 9.32. The lowest BCUT2D eigenvalue weighted by Crippen LogP contribution is -2.13. The van der Waals surface area contributed by atoms with Crippen molar-refractivity contribution in [2.75, 3.05) is 36.6 Å². The van der Waals surface area contributed by atoms with Crippen molar-refractivity contribution in [1.82, 2.24) is 24.6 Å². The lowest BCUT2D eigenvalue weighted by molar-refractivity contribution is -0.111. The maximum absolute atomic E-state index is 14.9. The van der Waals surface area contributed by atoms with Gasteiger partial charge in [0.15, 0.2) is 6.17 Å². The summed E-state index contributed by atoms with van der Waals surface area (Å²) in [5.41, 5.74) is 1.63. The van der Waals surface area contributed by atoms with Gasteiger partial charge >= 0.3 is 0 Å². The molecule has 13 heteroatoms. The van der Waals surface area contributed by atoms with Gasteiger partial charge in [0.2, 0.25) is 11.9 Å². The molecule has 0 fully saturated rings. The van der Waals surface area contributed by atoms with Crippen LogP contribution in [0.4, 0.5) is 46.4 Å². The number of benzene rings is 2. The van der Waals surface area contributed by atoms with Gasteiger partial charge in [0, 0.05) is 43.3 Å². The number of hydrogen-bond donors (Lipinski definition) is 3. The highest BCUT2D eigenvalue weighted by atomic mass is 19.3. The Morgan fingerprint density at radius 1 is 1.05 bits per heavy atom. The van der Waals surface area contributed by atoms with Gasteiger partial charge in [-0.15, -0.1) is 0 Å². The molecule has 1 amide bonds. The van der Waals surface area contributed by atoms with Crippen molar-refractivity contribution in [1.29, 1.82) is 0 Å². The first-order valence-electron chi connectivity index (χ1n) is 12.4. The van der Waals surface area contributed by atoms with Gasteiger partial charge in [0.25, 0.3) is 6.43 Å². The summed E-state index contributed by atoms with van der Waals surface area (Å²) in [4.78, 5) is 23.0. The molecule has 2 heterocycles. The number of anilines is 5. The van der Waals surface area contributed by atoms with E-state index >= 15 is 0 Å². The number of aromatic nitrogens is 4. The number of aryl methyl sites for hydroxylation is 1. The molecule has 0 aliphatic rings. The average molecular weight is 569 g/mol. The van der Waals surface area contributed by atoms with Crippen molar-refractivity contribution >= 4 is 34.7 Å². The number of rotatable bonds is 11. The molecule has 0 spiro atoms. The van der Waals surface area contributed by atoms with E-state index in [1.54, 1.807) is 30.2 Å². The number of nitrogens with zero attached hydrogens (tertiary/aromatic N) is 5. The largest absolute Gasteiger partial charge is 0.337 e. The molecule has 9 nitrogen and oxygen atoms in total. The number of carbonyl (C=O) groups is 1. The summed E-state index contributed by atoms with van der Waals surface area (Å²) in [6.07, 6.45) is 2.24. The SMILES string of the molecule is CN(C)C/C=C/C(=O)Nc1ccc(F)c(Nc2nc(Nc3cnn(C)c3)ncc2-c2ccc(C(F)C(F)F)cc2)c1. The van der Waals surface area contributed by atoms with Gasteiger partial charge in [-0.25, -0.2) is 22.5 Å². The number of amides is 1. The molecule has 214 valence electrons. The molecule has 2 aromatic carbocycles. The van der Waals surface area contributed by atoms with Crippen molar-refractivity contribution in [3.63, 3.8) is 0 Å². The Morgan fingerprint density at radius 3 is 2.46 bits per heavy atom. The zero-order chi connectivity index (χ0) is 29.5. The molecule has 1 atom stereocenters. The third-order valence-corrected chi connectivity index (χ3v) is 5.74. The van der Waals surface area contributed by atoms with E-state index in [0.29, 0.717) is 29.0 Å². The van der Waals surface area contributed by atoms with E-state index in [0.717, 1.165) is 0 Å². The maximum atomic E-state index is 14.9. The fraction of sp³-hybridized carbons (Fsp3) is 0.214. The molecule has 0 bridgehead atoms. The Morgan fingerprint density at radius 2 is 1.80 bits per heavy atom. The molecule has 1 unspecified atom stereocenters.